The average Bonchev–Trinajstić information content (AvgIpc) is 2.35. The largest absolute Gasteiger partial charge is 0.326 e. The zero-order valence-corrected chi connectivity index (χ0v) is 8.47. The predicted octanol–water partition coefficient (Wildman–Crippen LogP) is 0.954. The van der Waals surface area contributed by atoms with Crippen LogP contribution >= 0.6 is 0 Å². The third-order valence-corrected chi connectivity index (χ3v) is 3.56. The van der Waals surface area contributed by atoms with Crippen molar-refractivity contribution < 1.29 is 4.79 Å². The van der Waals surface area contributed by atoms with Crippen LogP contribution in [0.25, 0.3) is 0 Å². The van der Waals surface area contributed by atoms with Crippen LogP contribution in [0, 0.1) is 5.92 Å². The van der Waals surface area contributed by atoms with E-state index in [0.717, 1.165) is 18.8 Å². The normalized spacial score (nSPS) is 40.3. The number of carbonyl (C=O) groups excluding carboxylic acids is 1. The van der Waals surface area contributed by atoms with Crippen molar-refractivity contribution in [1.29, 1.82) is 0 Å². The smallest absolute Gasteiger partial charge is 0.237 e. The molecule has 3 nitrogen and oxygen atoms in total. The topological polar surface area (TPSA) is 32.3 Å². The molecule has 1 amide bonds. The fourth-order valence-electron chi connectivity index (χ4n) is 2.70. The molecule has 2 unspecified atom stereocenters. The summed E-state index contributed by atoms with van der Waals surface area (Å²) in [4.78, 5) is 13.3. The van der Waals surface area contributed by atoms with Gasteiger partial charge in [0.15, 0.2) is 0 Å². The van der Waals surface area contributed by atoms with E-state index in [0.29, 0.717) is 6.54 Å². The lowest BCUT2D eigenvalue weighted by molar-refractivity contribution is -0.129. The van der Waals surface area contributed by atoms with Gasteiger partial charge in [-0.2, -0.15) is 0 Å². The summed E-state index contributed by atoms with van der Waals surface area (Å²) in [6, 6.07) is 0. The van der Waals surface area contributed by atoms with Gasteiger partial charge >= 0.3 is 0 Å². The summed E-state index contributed by atoms with van der Waals surface area (Å²) in [6.07, 6.45) is 4.80. The highest BCUT2D eigenvalue weighted by molar-refractivity contribution is 5.81. The molecule has 0 aromatic rings. The van der Waals surface area contributed by atoms with Gasteiger partial charge in [-0.05, 0) is 25.2 Å². The van der Waals surface area contributed by atoms with Crippen LogP contribution in [-0.4, -0.2) is 30.1 Å². The Bertz CT molecular complexity index is 229. The van der Waals surface area contributed by atoms with E-state index < -0.39 is 0 Å². The zero-order valence-electron chi connectivity index (χ0n) is 8.47. The molecule has 1 aliphatic heterocycles. The number of hydrogen-bond donors (Lipinski definition) is 1. The van der Waals surface area contributed by atoms with Crippen LogP contribution in [0.5, 0.6) is 0 Å². The molecule has 2 fully saturated rings. The Labute approximate surface area is 79.5 Å². The Hall–Kier alpha value is -0.570. The van der Waals surface area contributed by atoms with E-state index in [9.17, 15) is 4.79 Å². The Balaban J connectivity index is 2.15. The summed E-state index contributed by atoms with van der Waals surface area (Å²) < 4.78 is 0. The third-order valence-electron chi connectivity index (χ3n) is 3.56. The first-order chi connectivity index (χ1) is 6.14. The van der Waals surface area contributed by atoms with Gasteiger partial charge in [0.2, 0.25) is 5.91 Å². The number of rotatable bonds is 0. The highest BCUT2D eigenvalue weighted by atomic mass is 16.2. The molecular weight excluding hydrogens is 164 g/mol. The SMILES string of the molecule is CC1CCCC2(C1)NCC(=O)N2C. The minimum atomic E-state index is 0.00868. The van der Waals surface area contributed by atoms with Gasteiger partial charge in [-0.15, -0.1) is 0 Å². The van der Waals surface area contributed by atoms with Gasteiger partial charge < -0.3 is 4.90 Å². The van der Waals surface area contributed by atoms with Gasteiger partial charge in [-0.25, -0.2) is 0 Å². The molecule has 2 rings (SSSR count). The maximum absolute atomic E-state index is 11.4. The highest BCUT2D eigenvalue weighted by Crippen LogP contribution is 2.36. The first kappa shape index (κ1) is 9.00. The third kappa shape index (κ3) is 1.35. The van der Waals surface area contributed by atoms with Crippen LogP contribution in [0.1, 0.15) is 32.6 Å². The number of likely N-dealkylation sites (N-methyl/N-ethyl adjacent to an activating group) is 1. The lowest BCUT2D eigenvalue weighted by atomic mass is 9.82. The van der Waals surface area contributed by atoms with Gasteiger partial charge in [0.25, 0.3) is 0 Å². The Kier molecular flexibility index (Phi) is 2.06. The zero-order chi connectivity index (χ0) is 9.47. The minimum Gasteiger partial charge on any atom is -0.326 e. The van der Waals surface area contributed by atoms with Crippen LogP contribution in [0.15, 0.2) is 0 Å². The minimum absolute atomic E-state index is 0.00868. The van der Waals surface area contributed by atoms with Crippen LogP contribution in [0.4, 0.5) is 0 Å². The van der Waals surface area contributed by atoms with Crippen molar-refractivity contribution in [2.24, 2.45) is 5.92 Å². The standard InChI is InChI=1S/C10H18N2O/c1-8-4-3-5-10(6-8)11-7-9(13)12(10)2/h8,11H,3-7H2,1-2H3. The van der Waals surface area contributed by atoms with Crippen molar-refractivity contribution in [2.75, 3.05) is 13.6 Å². The van der Waals surface area contributed by atoms with E-state index >= 15 is 0 Å². The second-order valence-electron chi connectivity index (χ2n) is 4.54. The molecule has 1 N–H and O–H groups in total. The monoisotopic (exact) mass is 182 g/mol. The molecule has 1 spiro atoms. The van der Waals surface area contributed by atoms with Crippen molar-refractivity contribution in [2.45, 2.75) is 38.3 Å². The Morgan fingerprint density at radius 1 is 1.62 bits per heavy atom. The van der Waals surface area contributed by atoms with Crippen molar-refractivity contribution in [3.63, 3.8) is 0 Å². The summed E-state index contributed by atoms with van der Waals surface area (Å²) in [5, 5.41) is 3.38. The summed E-state index contributed by atoms with van der Waals surface area (Å²) in [5.41, 5.74) is 0.00868. The number of nitrogens with one attached hydrogen (secondary N) is 1. The molecule has 0 bridgehead atoms. The van der Waals surface area contributed by atoms with Gasteiger partial charge in [0, 0.05) is 7.05 Å². The lowest BCUT2D eigenvalue weighted by Gasteiger charge is -2.41. The molecule has 1 saturated carbocycles. The number of carbonyl (C=O) groups is 1. The van der Waals surface area contributed by atoms with E-state index in [1.807, 2.05) is 11.9 Å². The van der Waals surface area contributed by atoms with E-state index in [1.54, 1.807) is 0 Å². The fourth-order valence-corrected chi connectivity index (χ4v) is 2.70. The fraction of sp³-hybridized carbons (Fsp3) is 0.900. The second-order valence-corrected chi connectivity index (χ2v) is 4.54. The van der Waals surface area contributed by atoms with Gasteiger partial charge in [-0.3, -0.25) is 10.1 Å². The molecule has 3 heteroatoms. The average molecular weight is 182 g/mol. The van der Waals surface area contributed by atoms with E-state index in [1.165, 1.54) is 12.8 Å². The summed E-state index contributed by atoms with van der Waals surface area (Å²) in [6.45, 7) is 2.81. The van der Waals surface area contributed by atoms with Crippen molar-refractivity contribution in [3.8, 4) is 0 Å². The molecule has 2 atom stereocenters. The first-order valence-corrected chi connectivity index (χ1v) is 5.16. The second kappa shape index (κ2) is 2.98. The van der Waals surface area contributed by atoms with Crippen molar-refractivity contribution in [3.05, 3.63) is 0 Å². The van der Waals surface area contributed by atoms with Crippen molar-refractivity contribution >= 4 is 5.91 Å². The van der Waals surface area contributed by atoms with E-state index in [4.69, 9.17) is 0 Å². The molecule has 0 aromatic heterocycles. The lowest BCUT2D eigenvalue weighted by Crippen LogP contribution is -2.53. The van der Waals surface area contributed by atoms with Gasteiger partial charge in [0.05, 0.1) is 12.2 Å². The maximum Gasteiger partial charge on any atom is 0.237 e. The van der Waals surface area contributed by atoms with Gasteiger partial charge in [-0.1, -0.05) is 13.3 Å². The first-order valence-electron chi connectivity index (χ1n) is 5.16. The molecule has 2 aliphatic rings. The van der Waals surface area contributed by atoms with Gasteiger partial charge in [0.1, 0.15) is 0 Å². The van der Waals surface area contributed by atoms with Crippen LogP contribution in [-0.2, 0) is 4.79 Å². The Morgan fingerprint density at radius 2 is 2.38 bits per heavy atom. The number of amides is 1. The number of hydrogen-bond acceptors (Lipinski definition) is 2. The molecule has 13 heavy (non-hydrogen) atoms. The molecule has 74 valence electrons. The molecular formula is C10H18N2O. The number of nitrogens with zero attached hydrogens (tertiary/aromatic N) is 1. The quantitative estimate of drug-likeness (QED) is 0.605. The highest BCUT2D eigenvalue weighted by Gasteiger charge is 2.44. The summed E-state index contributed by atoms with van der Waals surface area (Å²) >= 11 is 0. The molecule has 0 radical (unpaired) electrons. The molecule has 1 heterocycles. The summed E-state index contributed by atoms with van der Waals surface area (Å²) in [5.74, 6) is 0.990. The summed E-state index contributed by atoms with van der Waals surface area (Å²) in [7, 11) is 1.93. The Morgan fingerprint density at radius 3 is 2.92 bits per heavy atom. The van der Waals surface area contributed by atoms with Crippen LogP contribution < -0.4 is 5.32 Å². The predicted molar refractivity (Wildman–Crippen MR) is 51.1 cm³/mol. The molecule has 1 saturated heterocycles. The van der Waals surface area contributed by atoms with Crippen LogP contribution in [0.3, 0.4) is 0 Å². The van der Waals surface area contributed by atoms with E-state index in [2.05, 4.69) is 12.2 Å². The van der Waals surface area contributed by atoms with Crippen LogP contribution in [0.2, 0.25) is 0 Å². The maximum atomic E-state index is 11.4. The van der Waals surface area contributed by atoms with E-state index in [-0.39, 0.29) is 11.6 Å². The molecule has 0 aromatic carbocycles. The van der Waals surface area contributed by atoms with Crippen molar-refractivity contribution in [1.82, 2.24) is 10.2 Å². The molecule has 1 aliphatic carbocycles.